The minimum absolute atomic E-state index is 0.168. The van der Waals surface area contributed by atoms with Crippen molar-refractivity contribution < 1.29 is 4.74 Å². The summed E-state index contributed by atoms with van der Waals surface area (Å²) in [5.74, 6) is 0.928. The van der Waals surface area contributed by atoms with Crippen molar-refractivity contribution in [2.24, 2.45) is 0 Å². The van der Waals surface area contributed by atoms with Crippen molar-refractivity contribution in [2.45, 2.75) is 71.4 Å². The van der Waals surface area contributed by atoms with Crippen LogP contribution in [0.4, 0.5) is 0 Å². The molecule has 4 heteroatoms. The second-order valence-corrected chi connectivity index (χ2v) is 5.95. The molecule has 0 aromatic carbocycles. The number of aromatic nitrogens is 2. The maximum Gasteiger partial charge on any atom is 0.131 e. The zero-order chi connectivity index (χ0) is 15.2. The van der Waals surface area contributed by atoms with E-state index in [1.54, 1.807) is 7.11 Å². The normalized spacial score (nSPS) is 16.2. The van der Waals surface area contributed by atoms with E-state index in [4.69, 9.17) is 14.7 Å². The molecule has 0 radical (unpaired) electrons. The van der Waals surface area contributed by atoms with E-state index in [0.717, 1.165) is 44.1 Å². The van der Waals surface area contributed by atoms with E-state index in [1.165, 1.54) is 29.8 Å². The maximum absolute atomic E-state index is 5.34. The summed E-state index contributed by atoms with van der Waals surface area (Å²) in [5.41, 5.74) is 3.80. The number of rotatable bonds is 9. The summed E-state index contributed by atoms with van der Waals surface area (Å²) in [4.78, 5) is 9.56. The molecule has 1 unspecified atom stereocenters. The predicted octanol–water partition coefficient (Wildman–Crippen LogP) is 2.47. The van der Waals surface area contributed by atoms with Crippen molar-refractivity contribution in [2.75, 3.05) is 13.7 Å². The van der Waals surface area contributed by atoms with Crippen LogP contribution in [-0.2, 0) is 30.4 Å². The van der Waals surface area contributed by atoms with Crippen molar-refractivity contribution >= 4 is 0 Å². The fourth-order valence-corrected chi connectivity index (χ4v) is 2.63. The fraction of sp³-hybridized carbons (Fsp3) is 0.765. The third-order valence-electron chi connectivity index (χ3n) is 4.15. The number of aryl methyl sites for hydroxylation is 2. The van der Waals surface area contributed by atoms with E-state index in [0.29, 0.717) is 0 Å². The van der Waals surface area contributed by atoms with Crippen LogP contribution in [0.15, 0.2) is 0 Å². The second-order valence-electron chi connectivity index (χ2n) is 5.95. The average Bonchev–Trinajstić information content (AvgIpc) is 3.31. The lowest BCUT2D eigenvalue weighted by molar-refractivity contribution is 0.117. The summed E-state index contributed by atoms with van der Waals surface area (Å²) >= 11 is 0. The standard InChI is InChI=1S/C17H29N3O/c1-5-15-14(9-10-18-13-7-8-13)16(6-2)20-17(19-15)11-12(3)21-4/h12-13,18H,5-11H2,1-4H3. The van der Waals surface area contributed by atoms with Gasteiger partial charge in [-0.05, 0) is 51.1 Å². The van der Waals surface area contributed by atoms with Gasteiger partial charge in [-0.3, -0.25) is 0 Å². The lowest BCUT2D eigenvalue weighted by Crippen LogP contribution is -2.22. The van der Waals surface area contributed by atoms with Gasteiger partial charge < -0.3 is 10.1 Å². The van der Waals surface area contributed by atoms with Gasteiger partial charge in [-0.25, -0.2) is 9.97 Å². The van der Waals surface area contributed by atoms with Gasteiger partial charge in [-0.15, -0.1) is 0 Å². The van der Waals surface area contributed by atoms with Gasteiger partial charge in [-0.1, -0.05) is 13.8 Å². The molecule has 1 aromatic rings. The third kappa shape index (κ3) is 4.75. The molecule has 1 aliphatic rings. The number of nitrogens with one attached hydrogen (secondary N) is 1. The molecule has 118 valence electrons. The first kappa shape index (κ1) is 16.4. The van der Waals surface area contributed by atoms with Crippen molar-refractivity contribution in [1.29, 1.82) is 0 Å². The minimum atomic E-state index is 0.168. The van der Waals surface area contributed by atoms with E-state index in [-0.39, 0.29) is 6.10 Å². The molecule has 21 heavy (non-hydrogen) atoms. The van der Waals surface area contributed by atoms with E-state index in [2.05, 4.69) is 26.1 Å². The number of hydrogen-bond acceptors (Lipinski definition) is 4. The molecule has 1 heterocycles. The summed E-state index contributed by atoms with van der Waals surface area (Å²) < 4.78 is 5.34. The third-order valence-corrected chi connectivity index (χ3v) is 4.15. The quantitative estimate of drug-likeness (QED) is 0.759. The van der Waals surface area contributed by atoms with Crippen LogP contribution in [0.3, 0.4) is 0 Å². The van der Waals surface area contributed by atoms with E-state index in [9.17, 15) is 0 Å². The highest BCUT2D eigenvalue weighted by Gasteiger charge is 2.20. The van der Waals surface area contributed by atoms with Crippen molar-refractivity contribution in [3.8, 4) is 0 Å². The van der Waals surface area contributed by atoms with Crippen LogP contribution in [-0.4, -0.2) is 35.8 Å². The van der Waals surface area contributed by atoms with Gasteiger partial charge in [-0.2, -0.15) is 0 Å². The summed E-state index contributed by atoms with van der Waals surface area (Å²) in [7, 11) is 1.74. The van der Waals surface area contributed by atoms with E-state index < -0.39 is 0 Å². The average molecular weight is 291 g/mol. The van der Waals surface area contributed by atoms with Crippen LogP contribution in [0.1, 0.15) is 56.4 Å². The van der Waals surface area contributed by atoms with Crippen molar-refractivity contribution in [3.05, 3.63) is 22.8 Å². The highest BCUT2D eigenvalue weighted by Crippen LogP contribution is 2.19. The monoisotopic (exact) mass is 291 g/mol. The molecule has 0 spiro atoms. The molecular weight excluding hydrogens is 262 g/mol. The first-order valence-corrected chi connectivity index (χ1v) is 8.31. The van der Waals surface area contributed by atoms with Crippen LogP contribution in [0, 0.1) is 0 Å². The molecule has 0 amide bonds. The summed E-state index contributed by atoms with van der Waals surface area (Å²) in [5, 5.41) is 3.59. The van der Waals surface area contributed by atoms with Crippen LogP contribution < -0.4 is 5.32 Å². The minimum Gasteiger partial charge on any atom is -0.381 e. The Bertz CT molecular complexity index is 432. The molecule has 0 saturated heterocycles. The van der Waals surface area contributed by atoms with Gasteiger partial charge in [0.1, 0.15) is 5.82 Å². The number of ether oxygens (including phenoxy) is 1. The van der Waals surface area contributed by atoms with Crippen LogP contribution in [0.2, 0.25) is 0 Å². The first-order valence-electron chi connectivity index (χ1n) is 8.31. The molecule has 0 bridgehead atoms. The summed E-state index contributed by atoms with van der Waals surface area (Å²) in [6, 6.07) is 0.767. The molecule has 1 N–H and O–H groups in total. The molecule has 4 nitrogen and oxygen atoms in total. The molecule has 1 fully saturated rings. The van der Waals surface area contributed by atoms with E-state index >= 15 is 0 Å². The maximum atomic E-state index is 5.34. The SMILES string of the molecule is CCc1nc(CC(C)OC)nc(CC)c1CCNC1CC1. The van der Waals surface area contributed by atoms with Crippen molar-refractivity contribution in [1.82, 2.24) is 15.3 Å². The van der Waals surface area contributed by atoms with Gasteiger partial charge in [0.15, 0.2) is 0 Å². The summed E-state index contributed by atoms with van der Waals surface area (Å²) in [6.45, 7) is 7.47. The molecule has 2 rings (SSSR count). The number of methoxy groups -OCH3 is 1. The zero-order valence-electron chi connectivity index (χ0n) is 13.9. The lowest BCUT2D eigenvalue weighted by Gasteiger charge is -2.16. The molecule has 1 aliphatic carbocycles. The molecule has 1 aromatic heterocycles. The Morgan fingerprint density at radius 1 is 1.19 bits per heavy atom. The predicted molar refractivity (Wildman–Crippen MR) is 85.7 cm³/mol. The summed E-state index contributed by atoms with van der Waals surface area (Å²) in [6.07, 6.45) is 6.63. The molecule has 0 aliphatic heterocycles. The Balaban J connectivity index is 2.12. The fourth-order valence-electron chi connectivity index (χ4n) is 2.63. The molecular formula is C17H29N3O. The Morgan fingerprint density at radius 3 is 2.29 bits per heavy atom. The van der Waals surface area contributed by atoms with Gasteiger partial charge in [0.2, 0.25) is 0 Å². The van der Waals surface area contributed by atoms with Crippen LogP contribution in [0.5, 0.6) is 0 Å². The van der Waals surface area contributed by atoms with Crippen LogP contribution >= 0.6 is 0 Å². The van der Waals surface area contributed by atoms with Crippen LogP contribution in [0.25, 0.3) is 0 Å². The topological polar surface area (TPSA) is 47.0 Å². The van der Waals surface area contributed by atoms with Gasteiger partial charge >= 0.3 is 0 Å². The zero-order valence-corrected chi connectivity index (χ0v) is 13.9. The Labute approximate surface area is 128 Å². The Hall–Kier alpha value is -1.00. The van der Waals surface area contributed by atoms with Gasteiger partial charge in [0, 0.05) is 31.0 Å². The smallest absolute Gasteiger partial charge is 0.131 e. The highest BCUT2D eigenvalue weighted by atomic mass is 16.5. The largest absolute Gasteiger partial charge is 0.381 e. The number of nitrogens with zero attached hydrogens (tertiary/aromatic N) is 2. The van der Waals surface area contributed by atoms with Crippen molar-refractivity contribution in [3.63, 3.8) is 0 Å². The van der Waals surface area contributed by atoms with E-state index in [1.807, 2.05) is 0 Å². The Morgan fingerprint density at radius 2 is 1.81 bits per heavy atom. The first-order chi connectivity index (χ1) is 10.2. The van der Waals surface area contributed by atoms with Gasteiger partial charge in [0.25, 0.3) is 0 Å². The van der Waals surface area contributed by atoms with Gasteiger partial charge in [0.05, 0.1) is 6.10 Å². The molecule has 1 saturated carbocycles. The Kier molecular flexibility index (Phi) is 6.12. The number of hydrogen-bond donors (Lipinski definition) is 1. The molecule has 1 atom stereocenters. The second kappa shape index (κ2) is 7.85. The highest BCUT2D eigenvalue weighted by molar-refractivity contribution is 5.27. The lowest BCUT2D eigenvalue weighted by atomic mass is 10.0.